The highest BCUT2D eigenvalue weighted by atomic mass is 32.2. The number of aromatic nitrogens is 2. The van der Waals surface area contributed by atoms with Gasteiger partial charge >= 0.3 is 0 Å². The quantitative estimate of drug-likeness (QED) is 0.722. The van der Waals surface area contributed by atoms with Crippen LogP contribution in [0.5, 0.6) is 0 Å². The van der Waals surface area contributed by atoms with Crippen molar-refractivity contribution in [1.82, 2.24) is 14.5 Å². The predicted octanol–water partition coefficient (Wildman–Crippen LogP) is 4.43. The summed E-state index contributed by atoms with van der Waals surface area (Å²) in [6.07, 6.45) is 3.02. The summed E-state index contributed by atoms with van der Waals surface area (Å²) in [5.74, 6) is 1.13. The van der Waals surface area contributed by atoms with Crippen LogP contribution in [0.2, 0.25) is 0 Å². The van der Waals surface area contributed by atoms with Gasteiger partial charge in [0.2, 0.25) is 0 Å². The van der Waals surface area contributed by atoms with E-state index in [1.165, 1.54) is 27.7 Å². The van der Waals surface area contributed by atoms with E-state index < -0.39 is 0 Å². The van der Waals surface area contributed by atoms with Gasteiger partial charge in [0.15, 0.2) is 5.17 Å². The number of aliphatic imine (C=N–C) groups is 1. The van der Waals surface area contributed by atoms with E-state index in [4.69, 9.17) is 9.73 Å². The van der Waals surface area contributed by atoms with Crippen molar-refractivity contribution in [2.45, 2.75) is 58.8 Å². The van der Waals surface area contributed by atoms with Crippen LogP contribution in [0.1, 0.15) is 53.6 Å². The van der Waals surface area contributed by atoms with Crippen LogP contribution in [0.4, 0.5) is 0 Å². The summed E-state index contributed by atoms with van der Waals surface area (Å²) in [4.78, 5) is 12.4. The van der Waals surface area contributed by atoms with Gasteiger partial charge in [0.1, 0.15) is 6.04 Å². The van der Waals surface area contributed by atoms with E-state index in [0.29, 0.717) is 6.04 Å². The molecular formula is C22H30N4OS. The molecule has 0 amide bonds. The molecule has 2 aliphatic heterocycles. The molecule has 2 aliphatic rings. The van der Waals surface area contributed by atoms with Crippen LogP contribution in [0.25, 0.3) is 0 Å². The average Bonchev–Trinajstić information content (AvgIpc) is 3.34. The minimum atomic E-state index is 0.0492. The van der Waals surface area contributed by atoms with Crippen molar-refractivity contribution in [3.63, 3.8) is 0 Å². The zero-order chi connectivity index (χ0) is 19.8. The standard InChI is InChI=1S/C22H30N4OS/c1-6-17-13-28-22-24-20(18-9-7-8-10-23-18)21(26(17)22)19-14(2)15(3)25(16(19)4)11-12-27-5/h7-10,17,20-21H,6,11-13H2,1-5H3/t17-,20+,21+/m0/s1. The van der Waals surface area contributed by atoms with Gasteiger partial charge in [-0.25, -0.2) is 0 Å². The Hall–Kier alpha value is -1.79. The van der Waals surface area contributed by atoms with E-state index in [9.17, 15) is 0 Å². The molecule has 0 aliphatic carbocycles. The minimum Gasteiger partial charge on any atom is -0.383 e. The lowest BCUT2D eigenvalue weighted by molar-refractivity contribution is 0.186. The molecule has 4 rings (SSSR count). The molecule has 0 unspecified atom stereocenters. The third-order valence-corrected chi connectivity index (χ3v) is 7.42. The Labute approximate surface area is 172 Å². The molecule has 0 radical (unpaired) electrons. The van der Waals surface area contributed by atoms with Crippen LogP contribution in [-0.2, 0) is 11.3 Å². The van der Waals surface area contributed by atoms with E-state index in [2.05, 4.69) is 54.3 Å². The number of nitrogens with zero attached hydrogens (tertiary/aromatic N) is 4. The average molecular weight is 399 g/mol. The third-order valence-electron chi connectivity index (χ3n) is 6.29. The van der Waals surface area contributed by atoms with Crippen molar-refractivity contribution in [2.24, 2.45) is 4.99 Å². The number of hydrogen-bond acceptors (Lipinski definition) is 5. The fourth-order valence-corrected chi connectivity index (χ4v) is 6.02. The monoisotopic (exact) mass is 398 g/mol. The van der Waals surface area contributed by atoms with Crippen molar-refractivity contribution < 1.29 is 4.74 Å². The zero-order valence-electron chi connectivity index (χ0n) is 17.5. The number of fused-ring (bicyclic) bond motifs is 1. The van der Waals surface area contributed by atoms with Crippen LogP contribution in [-0.4, -0.2) is 45.1 Å². The van der Waals surface area contributed by atoms with Gasteiger partial charge in [0.05, 0.1) is 18.3 Å². The lowest BCUT2D eigenvalue weighted by Gasteiger charge is -2.32. The van der Waals surface area contributed by atoms with E-state index >= 15 is 0 Å². The topological polar surface area (TPSA) is 42.6 Å². The predicted molar refractivity (Wildman–Crippen MR) is 116 cm³/mol. The Morgan fingerprint density at radius 2 is 2.04 bits per heavy atom. The summed E-state index contributed by atoms with van der Waals surface area (Å²) in [5.41, 5.74) is 6.52. The Morgan fingerprint density at radius 1 is 1.21 bits per heavy atom. The number of rotatable bonds is 6. The van der Waals surface area contributed by atoms with Crippen LogP contribution in [0.3, 0.4) is 0 Å². The van der Waals surface area contributed by atoms with Crippen molar-refractivity contribution in [3.8, 4) is 0 Å². The number of hydrogen-bond donors (Lipinski definition) is 0. The van der Waals surface area contributed by atoms with Gasteiger partial charge < -0.3 is 14.2 Å². The zero-order valence-corrected chi connectivity index (χ0v) is 18.3. The van der Waals surface area contributed by atoms with Gasteiger partial charge in [-0.15, -0.1) is 0 Å². The third kappa shape index (κ3) is 3.07. The van der Waals surface area contributed by atoms with E-state index in [-0.39, 0.29) is 12.1 Å². The molecule has 0 N–H and O–H groups in total. The largest absolute Gasteiger partial charge is 0.383 e. The van der Waals surface area contributed by atoms with E-state index in [1.54, 1.807) is 7.11 Å². The summed E-state index contributed by atoms with van der Waals surface area (Å²) >= 11 is 1.90. The summed E-state index contributed by atoms with van der Waals surface area (Å²) in [7, 11) is 1.77. The first-order chi connectivity index (χ1) is 13.6. The second-order valence-electron chi connectivity index (χ2n) is 7.69. The number of pyridine rings is 1. The molecule has 0 spiro atoms. The summed E-state index contributed by atoms with van der Waals surface area (Å²) < 4.78 is 7.77. The Kier molecular flexibility index (Phi) is 5.52. The van der Waals surface area contributed by atoms with Gasteiger partial charge in [-0.2, -0.15) is 0 Å². The first kappa shape index (κ1) is 19.5. The van der Waals surface area contributed by atoms with Crippen LogP contribution < -0.4 is 0 Å². The highest BCUT2D eigenvalue weighted by Crippen LogP contribution is 2.50. The molecule has 2 aromatic heterocycles. The SMILES string of the molecule is CC[C@H]1CSC2=N[C@H](c3ccccn3)[C@@H](c3c(C)c(C)n(CCOC)c3C)N21. The van der Waals surface area contributed by atoms with Gasteiger partial charge in [0, 0.05) is 48.6 Å². The summed E-state index contributed by atoms with van der Waals surface area (Å²) in [5, 5.41) is 1.19. The summed E-state index contributed by atoms with van der Waals surface area (Å²) in [6.45, 7) is 10.6. The molecular weight excluding hydrogens is 368 g/mol. The molecule has 150 valence electrons. The molecule has 0 saturated carbocycles. The van der Waals surface area contributed by atoms with Gasteiger partial charge in [-0.3, -0.25) is 9.98 Å². The van der Waals surface area contributed by atoms with Crippen LogP contribution >= 0.6 is 11.8 Å². The first-order valence-electron chi connectivity index (χ1n) is 10.1. The normalized spacial score (nSPS) is 24.0. The Bertz CT molecular complexity index is 876. The second kappa shape index (κ2) is 7.91. The van der Waals surface area contributed by atoms with E-state index in [0.717, 1.165) is 31.0 Å². The number of amidine groups is 1. The molecule has 4 heterocycles. The highest BCUT2D eigenvalue weighted by Gasteiger charge is 2.47. The maximum absolute atomic E-state index is 5.36. The summed E-state index contributed by atoms with van der Waals surface area (Å²) in [6, 6.07) is 6.97. The van der Waals surface area contributed by atoms with Crippen LogP contribution in [0.15, 0.2) is 29.4 Å². The number of ether oxygens (including phenoxy) is 1. The molecule has 0 aromatic carbocycles. The molecule has 3 atom stereocenters. The minimum absolute atomic E-state index is 0.0492. The molecule has 28 heavy (non-hydrogen) atoms. The Balaban J connectivity index is 1.83. The molecule has 0 bridgehead atoms. The fourth-order valence-electron chi connectivity index (χ4n) is 4.68. The maximum Gasteiger partial charge on any atom is 0.160 e. The van der Waals surface area contributed by atoms with Crippen molar-refractivity contribution in [1.29, 1.82) is 0 Å². The Morgan fingerprint density at radius 3 is 2.71 bits per heavy atom. The first-order valence-corrected chi connectivity index (χ1v) is 11.1. The number of thioether (sulfide) groups is 1. The molecule has 6 heteroatoms. The van der Waals surface area contributed by atoms with Crippen molar-refractivity contribution in [3.05, 3.63) is 52.6 Å². The van der Waals surface area contributed by atoms with Gasteiger partial charge in [-0.1, -0.05) is 24.8 Å². The molecule has 1 fully saturated rings. The maximum atomic E-state index is 5.36. The smallest absolute Gasteiger partial charge is 0.160 e. The lowest BCUT2D eigenvalue weighted by Crippen LogP contribution is -2.35. The van der Waals surface area contributed by atoms with Crippen molar-refractivity contribution >= 4 is 16.9 Å². The lowest BCUT2D eigenvalue weighted by atomic mass is 9.92. The van der Waals surface area contributed by atoms with Gasteiger partial charge in [-0.05, 0) is 44.9 Å². The fraction of sp³-hybridized carbons (Fsp3) is 0.545. The second-order valence-corrected chi connectivity index (χ2v) is 8.68. The van der Waals surface area contributed by atoms with E-state index in [1.807, 2.05) is 24.0 Å². The van der Waals surface area contributed by atoms with Crippen molar-refractivity contribution in [2.75, 3.05) is 19.5 Å². The molecule has 2 aromatic rings. The van der Waals surface area contributed by atoms with Gasteiger partial charge in [0.25, 0.3) is 0 Å². The molecule has 1 saturated heterocycles. The number of methoxy groups -OCH3 is 1. The van der Waals surface area contributed by atoms with Crippen LogP contribution in [0, 0.1) is 20.8 Å². The highest BCUT2D eigenvalue weighted by molar-refractivity contribution is 8.14. The molecule has 5 nitrogen and oxygen atoms in total.